The molecule has 0 saturated carbocycles. The molecule has 1 rings (SSSR count). The van der Waals surface area contributed by atoms with Crippen LogP contribution in [0.4, 0.5) is 0 Å². The first-order valence-corrected chi connectivity index (χ1v) is 5.76. The van der Waals surface area contributed by atoms with Crippen LogP contribution in [0.1, 0.15) is 30.4 Å². The molecule has 1 aromatic carbocycles. The zero-order chi connectivity index (χ0) is 10.9. The fourth-order valence-corrected chi connectivity index (χ4v) is 1.79. The molecule has 15 heavy (non-hydrogen) atoms. The van der Waals surface area contributed by atoms with Gasteiger partial charge in [-0.25, -0.2) is 0 Å². The van der Waals surface area contributed by atoms with Gasteiger partial charge in [0.05, 0.1) is 0 Å². The maximum Gasteiger partial charge on any atom is -0.00773 e. The van der Waals surface area contributed by atoms with E-state index in [1.165, 1.54) is 30.4 Å². The summed E-state index contributed by atoms with van der Waals surface area (Å²) >= 11 is 0. The monoisotopic (exact) mass is 203 g/mol. The average molecular weight is 203 g/mol. The first kappa shape index (κ1) is 12.0. The summed E-state index contributed by atoms with van der Waals surface area (Å²) in [7, 11) is 0. The minimum absolute atomic E-state index is 0.814. The predicted octanol–water partition coefficient (Wildman–Crippen LogP) is 3.09. The second kappa shape index (κ2) is 7.24. The zero-order valence-corrected chi connectivity index (χ0v) is 9.41. The molecule has 1 nitrogen and oxygen atoms in total. The molecule has 0 unspecified atom stereocenters. The summed E-state index contributed by atoms with van der Waals surface area (Å²) in [4.78, 5) is 0. The molecule has 1 heteroatoms. The summed E-state index contributed by atoms with van der Waals surface area (Å²) in [6, 6.07) is 8.63. The Balaban J connectivity index is 2.47. The van der Waals surface area contributed by atoms with Crippen LogP contribution in [0.25, 0.3) is 0 Å². The van der Waals surface area contributed by atoms with E-state index >= 15 is 0 Å². The van der Waals surface area contributed by atoms with Gasteiger partial charge in [-0.15, -0.1) is 6.58 Å². The molecule has 0 saturated heterocycles. The number of unbranched alkanes of at least 4 members (excludes halogenated alkanes) is 2. The van der Waals surface area contributed by atoms with Crippen LogP contribution in [0.15, 0.2) is 36.9 Å². The van der Waals surface area contributed by atoms with E-state index in [9.17, 15) is 0 Å². The summed E-state index contributed by atoms with van der Waals surface area (Å²) < 4.78 is 0. The highest BCUT2D eigenvalue weighted by Gasteiger charge is 1.99. The van der Waals surface area contributed by atoms with E-state index in [0.717, 1.165) is 19.4 Å². The van der Waals surface area contributed by atoms with Gasteiger partial charge in [0.25, 0.3) is 0 Å². The van der Waals surface area contributed by atoms with E-state index < -0.39 is 0 Å². The van der Waals surface area contributed by atoms with Gasteiger partial charge in [-0.2, -0.15) is 0 Å². The van der Waals surface area contributed by atoms with Gasteiger partial charge in [-0.1, -0.05) is 36.8 Å². The summed E-state index contributed by atoms with van der Waals surface area (Å²) in [5, 5.41) is 0. The van der Waals surface area contributed by atoms with Crippen LogP contribution in [0, 0.1) is 0 Å². The second-order valence-electron chi connectivity index (χ2n) is 3.86. The first-order chi connectivity index (χ1) is 7.38. The molecule has 0 spiro atoms. The van der Waals surface area contributed by atoms with Crippen molar-refractivity contribution in [2.45, 2.75) is 32.1 Å². The molecule has 0 bridgehead atoms. The Bertz CT molecular complexity index is 291. The van der Waals surface area contributed by atoms with Crippen molar-refractivity contribution in [1.29, 1.82) is 0 Å². The number of nitrogens with two attached hydrogens (primary N) is 1. The molecule has 0 aliphatic rings. The lowest BCUT2D eigenvalue weighted by Crippen LogP contribution is -1.99. The second-order valence-corrected chi connectivity index (χ2v) is 3.86. The quantitative estimate of drug-likeness (QED) is 0.535. The molecule has 0 heterocycles. The molecule has 0 aromatic heterocycles. The fourth-order valence-electron chi connectivity index (χ4n) is 1.79. The Labute approximate surface area is 93.0 Å². The Morgan fingerprint density at radius 1 is 1.07 bits per heavy atom. The largest absolute Gasteiger partial charge is 0.330 e. The standard InChI is InChI=1S/C14H21N/c1-2-8-13-10-5-6-11-14(13)9-4-3-7-12-15/h2,5-6,10-11H,1,3-4,7-9,12,15H2. The van der Waals surface area contributed by atoms with Crippen molar-refractivity contribution in [3.63, 3.8) is 0 Å². The third-order valence-electron chi connectivity index (χ3n) is 2.63. The van der Waals surface area contributed by atoms with Crippen LogP contribution in [-0.4, -0.2) is 6.54 Å². The minimum atomic E-state index is 0.814. The number of hydrogen-bond donors (Lipinski definition) is 1. The number of aryl methyl sites for hydroxylation is 1. The molecule has 0 radical (unpaired) electrons. The molecule has 0 atom stereocenters. The Hall–Kier alpha value is -1.08. The lowest BCUT2D eigenvalue weighted by atomic mass is 9.99. The van der Waals surface area contributed by atoms with Gasteiger partial charge >= 0.3 is 0 Å². The van der Waals surface area contributed by atoms with Crippen LogP contribution < -0.4 is 5.73 Å². The van der Waals surface area contributed by atoms with Gasteiger partial charge in [-0.05, 0) is 43.4 Å². The first-order valence-electron chi connectivity index (χ1n) is 5.76. The molecular formula is C14H21N. The van der Waals surface area contributed by atoms with Gasteiger partial charge in [0.1, 0.15) is 0 Å². The topological polar surface area (TPSA) is 26.0 Å². The van der Waals surface area contributed by atoms with Gasteiger partial charge in [0, 0.05) is 0 Å². The van der Waals surface area contributed by atoms with E-state index in [1.807, 2.05) is 6.08 Å². The van der Waals surface area contributed by atoms with Gasteiger partial charge < -0.3 is 5.73 Å². The van der Waals surface area contributed by atoms with E-state index in [0.29, 0.717) is 0 Å². The third kappa shape index (κ3) is 4.30. The molecule has 82 valence electrons. The maximum absolute atomic E-state index is 5.47. The maximum atomic E-state index is 5.47. The Morgan fingerprint density at radius 3 is 2.47 bits per heavy atom. The highest BCUT2D eigenvalue weighted by molar-refractivity contribution is 5.28. The predicted molar refractivity (Wildman–Crippen MR) is 67.0 cm³/mol. The summed E-state index contributed by atoms with van der Waals surface area (Å²) in [6.45, 7) is 4.60. The molecule has 1 aromatic rings. The summed E-state index contributed by atoms with van der Waals surface area (Å²) in [6.07, 6.45) is 7.74. The lowest BCUT2D eigenvalue weighted by molar-refractivity contribution is 0.684. The van der Waals surface area contributed by atoms with E-state index in [1.54, 1.807) is 0 Å². The van der Waals surface area contributed by atoms with Crippen molar-refractivity contribution in [2.24, 2.45) is 5.73 Å². The zero-order valence-electron chi connectivity index (χ0n) is 9.41. The van der Waals surface area contributed by atoms with Crippen LogP contribution in [0.5, 0.6) is 0 Å². The normalized spacial score (nSPS) is 10.2. The van der Waals surface area contributed by atoms with Crippen LogP contribution in [0.2, 0.25) is 0 Å². The molecule has 2 N–H and O–H groups in total. The molecule has 0 fully saturated rings. The number of benzene rings is 1. The smallest absolute Gasteiger partial charge is 0.00773 e. The third-order valence-corrected chi connectivity index (χ3v) is 2.63. The highest BCUT2D eigenvalue weighted by atomic mass is 14.5. The highest BCUT2D eigenvalue weighted by Crippen LogP contribution is 2.13. The van der Waals surface area contributed by atoms with Crippen molar-refractivity contribution < 1.29 is 0 Å². The number of rotatable bonds is 7. The van der Waals surface area contributed by atoms with Crippen molar-refractivity contribution in [3.05, 3.63) is 48.0 Å². The lowest BCUT2D eigenvalue weighted by Gasteiger charge is -2.07. The molecule has 0 aliphatic heterocycles. The van der Waals surface area contributed by atoms with Gasteiger partial charge in [0.2, 0.25) is 0 Å². The van der Waals surface area contributed by atoms with Crippen LogP contribution in [0.3, 0.4) is 0 Å². The van der Waals surface area contributed by atoms with Crippen LogP contribution in [-0.2, 0) is 12.8 Å². The minimum Gasteiger partial charge on any atom is -0.330 e. The van der Waals surface area contributed by atoms with Crippen molar-refractivity contribution >= 4 is 0 Å². The van der Waals surface area contributed by atoms with E-state index in [4.69, 9.17) is 5.73 Å². The number of hydrogen-bond acceptors (Lipinski definition) is 1. The van der Waals surface area contributed by atoms with Gasteiger partial charge in [0.15, 0.2) is 0 Å². The SMILES string of the molecule is C=CCc1ccccc1CCCCCN. The van der Waals surface area contributed by atoms with Crippen molar-refractivity contribution in [1.82, 2.24) is 0 Å². The average Bonchev–Trinajstić information content (AvgIpc) is 2.27. The summed E-state index contributed by atoms with van der Waals surface area (Å²) in [5.41, 5.74) is 8.36. The van der Waals surface area contributed by atoms with E-state index in [2.05, 4.69) is 30.8 Å². The fraction of sp³-hybridized carbons (Fsp3) is 0.429. The van der Waals surface area contributed by atoms with Crippen molar-refractivity contribution in [3.8, 4) is 0 Å². The number of allylic oxidation sites excluding steroid dienone is 1. The summed E-state index contributed by atoms with van der Waals surface area (Å²) in [5.74, 6) is 0. The van der Waals surface area contributed by atoms with Crippen molar-refractivity contribution in [2.75, 3.05) is 6.54 Å². The van der Waals surface area contributed by atoms with Gasteiger partial charge in [-0.3, -0.25) is 0 Å². The van der Waals surface area contributed by atoms with E-state index in [-0.39, 0.29) is 0 Å². The Morgan fingerprint density at radius 2 is 1.80 bits per heavy atom. The molecule has 0 aliphatic carbocycles. The molecule has 0 amide bonds. The Kier molecular flexibility index (Phi) is 5.79. The molecular weight excluding hydrogens is 182 g/mol. The van der Waals surface area contributed by atoms with Crippen LogP contribution >= 0.6 is 0 Å².